The maximum atomic E-state index is 9.74. The SMILES string of the molecule is CC1CCC2C(C)(C)CCCC2(C)C1CO. The van der Waals surface area contributed by atoms with Crippen LogP contribution in [0.15, 0.2) is 0 Å². The molecule has 2 saturated carbocycles. The van der Waals surface area contributed by atoms with Crippen LogP contribution in [-0.2, 0) is 0 Å². The van der Waals surface area contributed by atoms with E-state index >= 15 is 0 Å². The van der Waals surface area contributed by atoms with Crippen LogP contribution in [-0.4, -0.2) is 11.7 Å². The van der Waals surface area contributed by atoms with Crippen molar-refractivity contribution in [1.29, 1.82) is 0 Å². The summed E-state index contributed by atoms with van der Waals surface area (Å²) in [5.41, 5.74) is 0.884. The predicted octanol–water partition coefficient (Wildman–Crippen LogP) is 3.86. The van der Waals surface area contributed by atoms with E-state index in [0.29, 0.717) is 29.3 Å². The summed E-state index contributed by atoms with van der Waals surface area (Å²) in [5.74, 6) is 2.06. The third-order valence-corrected chi connectivity index (χ3v) is 5.92. The van der Waals surface area contributed by atoms with Gasteiger partial charge < -0.3 is 5.11 Å². The number of fused-ring (bicyclic) bond motifs is 1. The van der Waals surface area contributed by atoms with Crippen LogP contribution in [0.1, 0.15) is 59.8 Å². The number of rotatable bonds is 1. The van der Waals surface area contributed by atoms with Crippen molar-refractivity contribution >= 4 is 0 Å². The number of hydrogen-bond donors (Lipinski definition) is 1. The highest BCUT2D eigenvalue weighted by Gasteiger charge is 2.53. The Morgan fingerprint density at radius 3 is 2.44 bits per heavy atom. The zero-order chi connectivity index (χ0) is 12.0. The number of aliphatic hydroxyl groups is 1. The van der Waals surface area contributed by atoms with Crippen LogP contribution in [0, 0.1) is 28.6 Å². The summed E-state index contributed by atoms with van der Waals surface area (Å²) in [7, 11) is 0. The van der Waals surface area contributed by atoms with Gasteiger partial charge in [0.1, 0.15) is 0 Å². The molecular weight excluding hydrogens is 196 g/mol. The van der Waals surface area contributed by atoms with Gasteiger partial charge in [0.2, 0.25) is 0 Å². The Balaban J connectivity index is 2.31. The maximum Gasteiger partial charge on any atom is 0.0467 e. The van der Waals surface area contributed by atoms with Crippen molar-refractivity contribution in [2.75, 3.05) is 6.61 Å². The van der Waals surface area contributed by atoms with Gasteiger partial charge >= 0.3 is 0 Å². The Hall–Kier alpha value is -0.0400. The molecule has 0 bridgehead atoms. The first-order valence-electron chi connectivity index (χ1n) is 7.02. The standard InChI is InChI=1S/C15H28O/c1-11-6-7-13-14(2,3)8-5-9-15(13,4)12(11)10-16/h11-13,16H,5-10H2,1-4H3. The summed E-state index contributed by atoms with van der Waals surface area (Å²) in [4.78, 5) is 0. The van der Waals surface area contributed by atoms with Crippen LogP contribution in [0.2, 0.25) is 0 Å². The van der Waals surface area contributed by atoms with E-state index in [1.807, 2.05) is 0 Å². The zero-order valence-electron chi connectivity index (χ0n) is 11.4. The second-order valence-corrected chi connectivity index (χ2v) is 7.24. The molecule has 2 aliphatic rings. The lowest BCUT2D eigenvalue weighted by Gasteiger charge is -2.58. The average molecular weight is 224 g/mol. The highest BCUT2D eigenvalue weighted by Crippen LogP contribution is 2.60. The first-order chi connectivity index (χ1) is 7.42. The van der Waals surface area contributed by atoms with Crippen LogP contribution in [0.3, 0.4) is 0 Å². The lowest BCUT2D eigenvalue weighted by molar-refractivity contribution is -0.108. The third-order valence-electron chi connectivity index (χ3n) is 5.92. The lowest BCUT2D eigenvalue weighted by atomic mass is 9.47. The zero-order valence-corrected chi connectivity index (χ0v) is 11.4. The summed E-state index contributed by atoms with van der Waals surface area (Å²) in [6, 6.07) is 0. The van der Waals surface area contributed by atoms with Gasteiger partial charge in [-0.15, -0.1) is 0 Å². The van der Waals surface area contributed by atoms with Gasteiger partial charge in [-0.05, 0) is 47.8 Å². The van der Waals surface area contributed by atoms with Crippen molar-refractivity contribution in [1.82, 2.24) is 0 Å². The molecule has 94 valence electrons. The van der Waals surface area contributed by atoms with E-state index < -0.39 is 0 Å². The fraction of sp³-hybridized carbons (Fsp3) is 1.00. The molecule has 1 heteroatoms. The molecule has 16 heavy (non-hydrogen) atoms. The number of hydrogen-bond acceptors (Lipinski definition) is 1. The van der Waals surface area contributed by atoms with Crippen molar-refractivity contribution in [3.63, 3.8) is 0 Å². The van der Waals surface area contributed by atoms with E-state index in [2.05, 4.69) is 27.7 Å². The molecule has 2 rings (SSSR count). The van der Waals surface area contributed by atoms with Gasteiger partial charge in [0.15, 0.2) is 0 Å². The second-order valence-electron chi connectivity index (χ2n) is 7.24. The van der Waals surface area contributed by atoms with Crippen LogP contribution in [0.25, 0.3) is 0 Å². The van der Waals surface area contributed by atoms with Crippen LogP contribution in [0.4, 0.5) is 0 Å². The summed E-state index contributed by atoms with van der Waals surface area (Å²) in [6.45, 7) is 10.1. The van der Waals surface area contributed by atoms with Gasteiger partial charge in [-0.2, -0.15) is 0 Å². The minimum absolute atomic E-state index is 0.393. The highest BCUT2D eigenvalue weighted by atomic mass is 16.3. The Kier molecular flexibility index (Phi) is 3.11. The fourth-order valence-corrected chi connectivity index (χ4v) is 5.00. The molecule has 0 heterocycles. The molecule has 0 saturated heterocycles. The van der Waals surface area contributed by atoms with Crippen LogP contribution < -0.4 is 0 Å². The van der Waals surface area contributed by atoms with Gasteiger partial charge in [-0.25, -0.2) is 0 Å². The van der Waals surface area contributed by atoms with E-state index in [4.69, 9.17) is 0 Å². The Labute approximate surface area is 101 Å². The first kappa shape index (κ1) is 12.4. The molecular formula is C15H28O. The maximum absolute atomic E-state index is 9.74. The smallest absolute Gasteiger partial charge is 0.0467 e. The highest BCUT2D eigenvalue weighted by molar-refractivity contribution is 5.02. The van der Waals surface area contributed by atoms with Gasteiger partial charge in [-0.1, -0.05) is 40.5 Å². The van der Waals surface area contributed by atoms with Gasteiger partial charge in [0.25, 0.3) is 0 Å². The van der Waals surface area contributed by atoms with Crippen LogP contribution >= 0.6 is 0 Å². The van der Waals surface area contributed by atoms with Crippen molar-refractivity contribution in [2.45, 2.75) is 59.8 Å². The molecule has 0 aromatic heterocycles. The third kappa shape index (κ3) is 1.72. The van der Waals surface area contributed by atoms with Crippen molar-refractivity contribution in [2.24, 2.45) is 28.6 Å². The van der Waals surface area contributed by atoms with E-state index in [1.54, 1.807) is 0 Å². The molecule has 1 N–H and O–H groups in total. The quantitative estimate of drug-likeness (QED) is 0.717. The molecule has 0 amide bonds. The molecule has 0 radical (unpaired) electrons. The summed E-state index contributed by atoms with van der Waals surface area (Å²) < 4.78 is 0. The van der Waals surface area contributed by atoms with Gasteiger partial charge in [0.05, 0.1) is 0 Å². The summed E-state index contributed by atoms with van der Waals surface area (Å²) >= 11 is 0. The molecule has 4 unspecified atom stereocenters. The second kappa shape index (κ2) is 4.01. The normalized spacial score (nSPS) is 47.4. The molecule has 1 nitrogen and oxygen atoms in total. The van der Waals surface area contributed by atoms with Crippen LogP contribution in [0.5, 0.6) is 0 Å². The summed E-state index contributed by atoms with van der Waals surface area (Å²) in [5, 5.41) is 9.74. The molecule has 0 aliphatic heterocycles. The molecule has 2 aliphatic carbocycles. The molecule has 0 aromatic carbocycles. The monoisotopic (exact) mass is 224 g/mol. The Morgan fingerprint density at radius 1 is 1.12 bits per heavy atom. The first-order valence-corrected chi connectivity index (χ1v) is 7.02. The van der Waals surface area contributed by atoms with Crippen molar-refractivity contribution in [3.8, 4) is 0 Å². The molecule has 2 fully saturated rings. The van der Waals surface area contributed by atoms with Gasteiger partial charge in [-0.3, -0.25) is 0 Å². The molecule has 0 spiro atoms. The van der Waals surface area contributed by atoms with E-state index in [0.717, 1.165) is 5.92 Å². The predicted molar refractivity (Wildman–Crippen MR) is 68.2 cm³/mol. The minimum atomic E-state index is 0.393. The Morgan fingerprint density at radius 2 is 1.81 bits per heavy atom. The van der Waals surface area contributed by atoms with Gasteiger partial charge in [0, 0.05) is 6.61 Å². The van der Waals surface area contributed by atoms with E-state index in [1.165, 1.54) is 32.1 Å². The van der Waals surface area contributed by atoms with E-state index in [9.17, 15) is 5.11 Å². The summed E-state index contributed by atoms with van der Waals surface area (Å²) in [6.07, 6.45) is 6.75. The molecule has 0 aromatic rings. The average Bonchev–Trinajstić information content (AvgIpc) is 2.15. The number of aliphatic hydroxyl groups excluding tert-OH is 1. The van der Waals surface area contributed by atoms with E-state index in [-0.39, 0.29) is 0 Å². The minimum Gasteiger partial charge on any atom is -0.396 e. The van der Waals surface area contributed by atoms with Crippen molar-refractivity contribution in [3.05, 3.63) is 0 Å². The van der Waals surface area contributed by atoms with Crippen molar-refractivity contribution < 1.29 is 5.11 Å². The largest absolute Gasteiger partial charge is 0.396 e. The Bertz CT molecular complexity index is 258. The lowest BCUT2D eigenvalue weighted by Crippen LogP contribution is -2.52. The molecule has 4 atom stereocenters. The fourth-order valence-electron chi connectivity index (χ4n) is 5.00. The topological polar surface area (TPSA) is 20.2 Å².